The van der Waals surface area contributed by atoms with E-state index in [1.165, 1.54) is 0 Å². The first kappa shape index (κ1) is 13.6. The monoisotopic (exact) mass is 336 g/mol. The molecule has 0 bridgehead atoms. The van der Waals surface area contributed by atoms with Gasteiger partial charge in [-0.2, -0.15) is 0 Å². The molecule has 0 saturated carbocycles. The summed E-state index contributed by atoms with van der Waals surface area (Å²) in [6.45, 7) is 3.20. The van der Waals surface area contributed by atoms with Crippen molar-refractivity contribution in [1.29, 1.82) is 0 Å². The van der Waals surface area contributed by atoms with Gasteiger partial charge in [0.1, 0.15) is 6.04 Å². The van der Waals surface area contributed by atoms with Gasteiger partial charge in [-0.1, -0.05) is 6.07 Å². The van der Waals surface area contributed by atoms with Crippen molar-refractivity contribution in [3.63, 3.8) is 0 Å². The smallest absolute Gasteiger partial charge is 0.249 e. The molecule has 1 aromatic carbocycles. The lowest BCUT2D eigenvalue weighted by Gasteiger charge is -2.26. The standard InChI is InChI=1S/C15H17BrN2O2/c1-10-4-5-12(11(16)9-10)18-8-6-14(19)17-7-2-3-13(17)15(18)20/h4-5,9,13H,2-3,6-8H2,1H3. The topological polar surface area (TPSA) is 40.6 Å². The van der Waals surface area contributed by atoms with E-state index in [0.717, 1.165) is 35.1 Å². The third-order valence-corrected chi connectivity index (χ3v) is 4.70. The van der Waals surface area contributed by atoms with Gasteiger partial charge in [0.2, 0.25) is 11.8 Å². The molecule has 0 aromatic heterocycles. The van der Waals surface area contributed by atoms with E-state index in [1.54, 1.807) is 9.80 Å². The van der Waals surface area contributed by atoms with Crippen LogP contribution in [0, 0.1) is 6.92 Å². The second-order valence-electron chi connectivity index (χ2n) is 5.44. The fourth-order valence-electron chi connectivity index (χ4n) is 3.03. The lowest BCUT2D eigenvalue weighted by Crippen LogP contribution is -2.43. The Balaban J connectivity index is 1.96. The molecule has 2 aliphatic rings. The predicted octanol–water partition coefficient (Wildman–Crippen LogP) is 2.49. The van der Waals surface area contributed by atoms with E-state index in [0.29, 0.717) is 13.0 Å². The normalized spacial score (nSPS) is 23.0. The molecule has 2 saturated heterocycles. The van der Waals surface area contributed by atoms with Gasteiger partial charge in [-0.05, 0) is 53.4 Å². The van der Waals surface area contributed by atoms with Crippen molar-refractivity contribution in [2.75, 3.05) is 18.0 Å². The maximum atomic E-state index is 12.7. The van der Waals surface area contributed by atoms with E-state index < -0.39 is 0 Å². The SMILES string of the molecule is Cc1ccc(N2CCC(=O)N3CCCC3C2=O)c(Br)c1. The number of carbonyl (C=O) groups is 2. The number of hydrogen-bond acceptors (Lipinski definition) is 2. The van der Waals surface area contributed by atoms with E-state index in [1.807, 2.05) is 25.1 Å². The molecule has 1 atom stereocenters. The van der Waals surface area contributed by atoms with Crippen LogP contribution in [-0.2, 0) is 9.59 Å². The molecule has 2 amide bonds. The summed E-state index contributed by atoms with van der Waals surface area (Å²) in [7, 11) is 0. The number of hydrogen-bond donors (Lipinski definition) is 0. The van der Waals surface area contributed by atoms with Gasteiger partial charge in [-0.3, -0.25) is 9.59 Å². The minimum absolute atomic E-state index is 0.0536. The first-order valence-electron chi connectivity index (χ1n) is 6.95. The number of carbonyl (C=O) groups excluding carboxylic acids is 2. The van der Waals surface area contributed by atoms with Crippen LogP contribution in [0.4, 0.5) is 5.69 Å². The molecule has 1 unspecified atom stereocenters. The second-order valence-corrected chi connectivity index (χ2v) is 6.29. The summed E-state index contributed by atoms with van der Waals surface area (Å²) in [6, 6.07) is 5.68. The Kier molecular flexibility index (Phi) is 3.54. The van der Waals surface area contributed by atoms with E-state index in [2.05, 4.69) is 15.9 Å². The van der Waals surface area contributed by atoms with Crippen molar-refractivity contribution < 1.29 is 9.59 Å². The maximum absolute atomic E-state index is 12.7. The summed E-state index contributed by atoms with van der Waals surface area (Å²) < 4.78 is 0.907. The number of fused-ring (bicyclic) bond motifs is 1. The molecule has 2 aliphatic heterocycles. The van der Waals surface area contributed by atoms with E-state index >= 15 is 0 Å². The molecule has 1 aromatic rings. The first-order valence-corrected chi connectivity index (χ1v) is 7.74. The quantitative estimate of drug-likeness (QED) is 0.790. The highest BCUT2D eigenvalue weighted by atomic mass is 79.9. The van der Waals surface area contributed by atoms with E-state index in [-0.39, 0.29) is 17.9 Å². The third kappa shape index (κ3) is 2.24. The number of anilines is 1. The highest BCUT2D eigenvalue weighted by Crippen LogP contribution is 2.32. The Morgan fingerprint density at radius 2 is 2.05 bits per heavy atom. The molecule has 0 radical (unpaired) electrons. The zero-order valence-corrected chi connectivity index (χ0v) is 13.0. The van der Waals surface area contributed by atoms with Gasteiger partial charge in [0.25, 0.3) is 0 Å². The third-order valence-electron chi connectivity index (χ3n) is 4.07. The van der Waals surface area contributed by atoms with Gasteiger partial charge < -0.3 is 9.80 Å². The minimum Gasteiger partial charge on any atom is -0.331 e. The van der Waals surface area contributed by atoms with Gasteiger partial charge in [0.05, 0.1) is 5.69 Å². The molecule has 2 heterocycles. The Bertz CT molecular complexity index is 573. The average molecular weight is 337 g/mol. The molecule has 20 heavy (non-hydrogen) atoms. The number of amides is 2. The van der Waals surface area contributed by atoms with Gasteiger partial charge in [-0.25, -0.2) is 0 Å². The van der Waals surface area contributed by atoms with E-state index in [4.69, 9.17) is 0 Å². The summed E-state index contributed by atoms with van der Waals surface area (Å²) in [5, 5.41) is 0. The Morgan fingerprint density at radius 3 is 2.80 bits per heavy atom. The highest BCUT2D eigenvalue weighted by molar-refractivity contribution is 9.10. The molecule has 106 valence electrons. The van der Waals surface area contributed by atoms with Gasteiger partial charge in [-0.15, -0.1) is 0 Å². The zero-order valence-electron chi connectivity index (χ0n) is 11.4. The van der Waals surface area contributed by atoms with Crippen molar-refractivity contribution in [2.45, 2.75) is 32.2 Å². The Labute approximate surface area is 126 Å². The van der Waals surface area contributed by atoms with Gasteiger partial charge in [0, 0.05) is 24.0 Å². The molecular formula is C15H17BrN2O2. The summed E-state index contributed by atoms with van der Waals surface area (Å²) in [4.78, 5) is 28.3. The summed E-state index contributed by atoms with van der Waals surface area (Å²) in [5.74, 6) is 0.157. The molecule has 0 spiro atoms. The van der Waals surface area contributed by atoms with Crippen LogP contribution in [0.25, 0.3) is 0 Å². The van der Waals surface area contributed by atoms with Crippen molar-refractivity contribution in [3.8, 4) is 0 Å². The van der Waals surface area contributed by atoms with Crippen LogP contribution in [0.5, 0.6) is 0 Å². The van der Waals surface area contributed by atoms with Crippen LogP contribution in [-0.4, -0.2) is 35.8 Å². The summed E-state index contributed by atoms with van der Waals surface area (Å²) in [6.07, 6.45) is 2.11. The van der Waals surface area contributed by atoms with Crippen LogP contribution in [0.2, 0.25) is 0 Å². The number of rotatable bonds is 1. The van der Waals surface area contributed by atoms with Crippen LogP contribution < -0.4 is 4.90 Å². The van der Waals surface area contributed by atoms with Crippen molar-refractivity contribution in [3.05, 3.63) is 28.2 Å². The Hall–Kier alpha value is -1.36. The lowest BCUT2D eigenvalue weighted by molar-refractivity contribution is -0.135. The second kappa shape index (κ2) is 5.20. The molecule has 2 fully saturated rings. The summed E-state index contributed by atoms with van der Waals surface area (Å²) >= 11 is 3.53. The largest absolute Gasteiger partial charge is 0.331 e. The first-order chi connectivity index (χ1) is 9.58. The van der Waals surface area contributed by atoms with Crippen molar-refractivity contribution in [1.82, 2.24) is 4.90 Å². The fraction of sp³-hybridized carbons (Fsp3) is 0.467. The van der Waals surface area contributed by atoms with Gasteiger partial charge >= 0.3 is 0 Å². The molecule has 5 heteroatoms. The zero-order chi connectivity index (χ0) is 14.3. The van der Waals surface area contributed by atoms with Crippen molar-refractivity contribution >= 4 is 33.4 Å². The Morgan fingerprint density at radius 1 is 1.25 bits per heavy atom. The van der Waals surface area contributed by atoms with Crippen LogP contribution in [0.1, 0.15) is 24.8 Å². The molecule has 0 N–H and O–H groups in total. The van der Waals surface area contributed by atoms with E-state index in [9.17, 15) is 9.59 Å². The molecule has 4 nitrogen and oxygen atoms in total. The average Bonchev–Trinajstić information content (AvgIpc) is 2.85. The highest BCUT2D eigenvalue weighted by Gasteiger charge is 2.39. The fourth-order valence-corrected chi connectivity index (χ4v) is 3.74. The number of nitrogens with zero attached hydrogens (tertiary/aromatic N) is 2. The van der Waals surface area contributed by atoms with Gasteiger partial charge in [0.15, 0.2) is 0 Å². The molecular weight excluding hydrogens is 320 g/mol. The molecule has 0 aliphatic carbocycles. The number of halogens is 1. The molecule has 3 rings (SSSR count). The number of benzene rings is 1. The lowest BCUT2D eigenvalue weighted by atomic mass is 10.1. The van der Waals surface area contributed by atoms with Crippen LogP contribution >= 0.6 is 15.9 Å². The predicted molar refractivity (Wildman–Crippen MR) is 80.6 cm³/mol. The van der Waals surface area contributed by atoms with Crippen LogP contribution in [0.15, 0.2) is 22.7 Å². The summed E-state index contributed by atoms with van der Waals surface area (Å²) in [5.41, 5.74) is 2.00. The van der Waals surface area contributed by atoms with Crippen molar-refractivity contribution in [2.24, 2.45) is 0 Å². The van der Waals surface area contributed by atoms with Crippen LogP contribution in [0.3, 0.4) is 0 Å². The number of aryl methyl sites for hydroxylation is 1. The maximum Gasteiger partial charge on any atom is 0.249 e. The minimum atomic E-state index is -0.266.